The molecule has 0 amide bonds. The highest BCUT2D eigenvalue weighted by Crippen LogP contribution is 2.46. The van der Waals surface area contributed by atoms with E-state index in [1.54, 1.807) is 0 Å². The topological polar surface area (TPSA) is 52.6 Å². The number of carbonyl (C=O) groups excluding carboxylic acids is 2. The Morgan fingerprint density at radius 2 is 1.96 bits per heavy atom. The molecule has 1 aliphatic rings. The molecule has 0 saturated carbocycles. The van der Waals surface area contributed by atoms with Gasteiger partial charge in [0.1, 0.15) is 0 Å². The van der Waals surface area contributed by atoms with Crippen LogP contribution in [0.4, 0.5) is 0 Å². The van der Waals surface area contributed by atoms with E-state index in [4.69, 9.17) is 9.47 Å². The molecule has 0 aromatic heterocycles. The molecule has 1 rings (SSSR count). The first-order valence-electron chi connectivity index (χ1n) is 9.98. The van der Waals surface area contributed by atoms with Crippen LogP contribution in [0.2, 0.25) is 0 Å². The average Bonchev–Trinajstić information content (AvgIpc) is 2.96. The Hall–Kier alpha value is -1.32. The largest absolute Gasteiger partial charge is 0.465 e. The zero-order valence-electron chi connectivity index (χ0n) is 16.6. The van der Waals surface area contributed by atoms with Gasteiger partial charge in [-0.1, -0.05) is 66.4 Å². The maximum atomic E-state index is 12.5. The summed E-state index contributed by atoms with van der Waals surface area (Å²) in [4.78, 5) is 24.8. The molecule has 1 saturated heterocycles. The van der Waals surface area contributed by atoms with Crippen LogP contribution in [0.5, 0.6) is 0 Å². The lowest BCUT2D eigenvalue weighted by atomic mass is 9.69. The lowest BCUT2D eigenvalue weighted by molar-refractivity contribution is -0.146. The average molecular weight is 353 g/mol. The molecule has 0 aromatic rings. The highest BCUT2D eigenvalue weighted by molar-refractivity contribution is 5.96. The SMILES string of the molecule is C=C(C(=O)OCC(CC)CCCC)C1C(=O)OCC1(CC)CCCC. The maximum Gasteiger partial charge on any atom is 0.334 e. The number of unbranched alkanes of at least 4 members (excludes halogenated alkanes) is 2. The Morgan fingerprint density at radius 1 is 1.28 bits per heavy atom. The van der Waals surface area contributed by atoms with Crippen LogP contribution in [-0.2, 0) is 19.1 Å². The molecule has 144 valence electrons. The second-order valence-electron chi connectivity index (χ2n) is 7.40. The molecule has 0 bridgehead atoms. The molecule has 0 aliphatic carbocycles. The third-order valence-electron chi connectivity index (χ3n) is 5.69. The van der Waals surface area contributed by atoms with Crippen LogP contribution in [-0.4, -0.2) is 25.2 Å². The van der Waals surface area contributed by atoms with Crippen LogP contribution in [0.3, 0.4) is 0 Å². The number of hydrogen-bond acceptors (Lipinski definition) is 4. The molecule has 4 nitrogen and oxygen atoms in total. The Labute approximate surface area is 153 Å². The van der Waals surface area contributed by atoms with Gasteiger partial charge in [-0.2, -0.15) is 0 Å². The minimum Gasteiger partial charge on any atom is -0.465 e. The molecule has 3 unspecified atom stereocenters. The van der Waals surface area contributed by atoms with Crippen molar-refractivity contribution in [1.29, 1.82) is 0 Å². The van der Waals surface area contributed by atoms with Crippen molar-refractivity contribution < 1.29 is 19.1 Å². The number of hydrogen-bond donors (Lipinski definition) is 0. The van der Waals surface area contributed by atoms with Crippen LogP contribution >= 0.6 is 0 Å². The fraction of sp³-hybridized carbons (Fsp3) is 0.810. The van der Waals surface area contributed by atoms with Gasteiger partial charge < -0.3 is 9.47 Å². The Kier molecular flexibility index (Phi) is 9.23. The predicted molar refractivity (Wildman–Crippen MR) is 100 cm³/mol. The summed E-state index contributed by atoms with van der Waals surface area (Å²) in [5.41, 5.74) is -0.0407. The molecule has 1 fully saturated rings. The highest BCUT2D eigenvalue weighted by Gasteiger charge is 2.51. The van der Waals surface area contributed by atoms with Gasteiger partial charge in [-0.3, -0.25) is 4.79 Å². The van der Waals surface area contributed by atoms with Crippen LogP contribution in [0, 0.1) is 17.3 Å². The molecule has 0 radical (unpaired) electrons. The van der Waals surface area contributed by atoms with E-state index >= 15 is 0 Å². The third-order valence-corrected chi connectivity index (χ3v) is 5.69. The number of carbonyl (C=O) groups is 2. The van der Waals surface area contributed by atoms with Gasteiger partial charge in [0.2, 0.25) is 0 Å². The molecule has 1 aliphatic heterocycles. The van der Waals surface area contributed by atoms with Crippen molar-refractivity contribution in [3.8, 4) is 0 Å². The first-order valence-corrected chi connectivity index (χ1v) is 9.98. The molecule has 1 heterocycles. The van der Waals surface area contributed by atoms with E-state index in [1.807, 2.05) is 0 Å². The Bertz CT molecular complexity index is 457. The van der Waals surface area contributed by atoms with Gasteiger partial charge in [-0.25, -0.2) is 4.79 Å². The number of esters is 2. The van der Waals surface area contributed by atoms with Gasteiger partial charge in [0.25, 0.3) is 0 Å². The molecule has 4 heteroatoms. The Balaban J connectivity index is 2.74. The highest BCUT2D eigenvalue weighted by atomic mass is 16.5. The first-order chi connectivity index (χ1) is 12.0. The summed E-state index contributed by atoms with van der Waals surface area (Å²) in [6.45, 7) is 13.2. The fourth-order valence-electron chi connectivity index (χ4n) is 3.67. The summed E-state index contributed by atoms with van der Waals surface area (Å²) < 4.78 is 10.8. The second-order valence-corrected chi connectivity index (χ2v) is 7.40. The van der Waals surface area contributed by atoms with E-state index in [1.165, 1.54) is 0 Å². The van der Waals surface area contributed by atoms with E-state index in [0.29, 0.717) is 19.1 Å². The van der Waals surface area contributed by atoms with Gasteiger partial charge in [-0.05, 0) is 25.2 Å². The van der Waals surface area contributed by atoms with E-state index in [2.05, 4.69) is 34.3 Å². The van der Waals surface area contributed by atoms with Gasteiger partial charge in [0, 0.05) is 11.0 Å². The quantitative estimate of drug-likeness (QED) is 0.364. The van der Waals surface area contributed by atoms with Crippen molar-refractivity contribution in [3.05, 3.63) is 12.2 Å². The normalized spacial score (nSPS) is 24.0. The van der Waals surface area contributed by atoms with E-state index in [0.717, 1.165) is 51.4 Å². The molecule has 3 atom stereocenters. The minimum absolute atomic E-state index is 0.269. The minimum atomic E-state index is -0.563. The van der Waals surface area contributed by atoms with Crippen molar-refractivity contribution in [2.75, 3.05) is 13.2 Å². The molecular formula is C21H36O4. The molecule has 25 heavy (non-hydrogen) atoms. The standard InChI is InChI=1S/C21H36O4/c1-6-10-12-17(8-3)14-24-19(22)16(5)18-20(23)25-15-21(18,9-4)13-11-7-2/h17-18H,5-15H2,1-4H3. The molecule has 0 aromatic carbocycles. The molecule has 0 N–H and O–H groups in total. The summed E-state index contributed by atoms with van der Waals surface area (Å²) in [5.74, 6) is -0.943. The van der Waals surface area contributed by atoms with Crippen LogP contribution in [0.15, 0.2) is 12.2 Å². The van der Waals surface area contributed by atoms with Crippen LogP contribution in [0.25, 0.3) is 0 Å². The Morgan fingerprint density at radius 3 is 2.52 bits per heavy atom. The van der Waals surface area contributed by atoms with Crippen LogP contribution < -0.4 is 0 Å². The van der Waals surface area contributed by atoms with Gasteiger partial charge in [0.05, 0.1) is 19.1 Å². The number of ether oxygens (including phenoxy) is 2. The fourth-order valence-corrected chi connectivity index (χ4v) is 3.67. The van der Waals surface area contributed by atoms with Crippen molar-refractivity contribution in [1.82, 2.24) is 0 Å². The van der Waals surface area contributed by atoms with E-state index in [9.17, 15) is 9.59 Å². The summed E-state index contributed by atoms with van der Waals surface area (Å²) in [7, 11) is 0. The van der Waals surface area contributed by atoms with Gasteiger partial charge in [0.15, 0.2) is 0 Å². The molecular weight excluding hydrogens is 316 g/mol. The lowest BCUT2D eigenvalue weighted by Crippen LogP contribution is -2.34. The summed E-state index contributed by atoms with van der Waals surface area (Å²) in [5, 5.41) is 0. The first kappa shape index (κ1) is 21.7. The lowest BCUT2D eigenvalue weighted by Gasteiger charge is -2.31. The summed E-state index contributed by atoms with van der Waals surface area (Å²) >= 11 is 0. The number of rotatable bonds is 12. The van der Waals surface area contributed by atoms with E-state index in [-0.39, 0.29) is 17.0 Å². The summed E-state index contributed by atoms with van der Waals surface area (Å²) in [6.07, 6.45) is 8.06. The van der Waals surface area contributed by atoms with Crippen molar-refractivity contribution in [3.63, 3.8) is 0 Å². The maximum absolute atomic E-state index is 12.5. The zero-order valence-corrected chi connectivity index (χ0v) is 16.6. The van der Waals surface area contributed by atoms with Gasteiger partial charge in [-0.15, -0.1) is 0 Å². The second kappa shape index (κ2) is 10.6. The monoisotopic (exact) mass is 352 g/mol. The predicted octanol–water partition coefficient (Wildman–Crippen LogP) is 5.06. The third kappa shape index (κ3) is 5.58. The van der Waals surface area contributed by atoms with Crippen molar-refractivity contribution in [2.24, 2.45) is 17.3 Å². The summed E-state index contributed by atoms with van der Waals surface area (Å²) in [6, 6.07) is 0. The van der Waals surface area contributed by atoms with Crippen molar-refractivity contribution >= 4 is 11.9 Å². The number of cyclic esters (lactones) is 1. The smallest absolute Gasteiger partial charge is 0.334 e. The van der Waals surface area contributed by atoms with Crippen molar-refractivity contribution in [2.45, 2.75) is 79.1 Å². The van der Waals surface area contributed by atoms with Crippen LogP contribution in [0.1, 0.15) is 79.1 Å². The zero-order chi connectivity index (χ0) is 18.9. The van der Waals surface area contributed by atoms with E-state index < -0.39 is 11.9 Å². The molecule has 0 spiro atoms. The van der Waals surface area contributed by atoms with Gasteiger partial charge >= 0.3 is 11.9 Å².